The molecule has 18 heavy (non-hydrogen) atoms. The Morgan fingerprint density at radius 1 is 1.22 bits per heavy atom. The number of hydrogen-bond acceptors (Lipinski definition) is 3. The molecule has 2 rings (SSSR count). The average Bonchev–Trinajstić information content (AvgIpc) is 2.80. The van der Waals surface area contributed by atoms with Crippen LogP contribution >= 0.6 is 0 Å². The molecule has 3 nitrogen and oxygen atoms in total. The predicted molar refractivity (Wildman–Crippen MR) is 75.3 cm³/mol. The van der Waals surface area contributed by atoms with Crippen molar-refractivity contribution in [1.29, 1.82) is 0 Å². The third-order valence-corrected chi connectivity index (χ3v) is 5.40. The van der Waals surface area contributed by atoms with Gasteiger partial charge in [0.2, 0.25) is 0 Å². The van der Waals surface area contributed by atoms with E-state index in [2.05, 4.69) is 26.1 Å². The Bertz CT molecular complexity index is 398. The summed E-state index contributed by atoms with van der Waals surface area (Å²) in [6.45, 7) is 7.49. The molecule has 1 N–H and O–H groups in total. The molecule has 2 aliphatic carbocycles. The summed E-state index contributed by atoms with van der Waals surface area (Å²) in [6.07, 6.45) is 6.04. The van der Waals surface area contributed by atoms with Crippen molar-refractivity contribution in [2.75, 3.05) is 18.6 Å². The van der Waals surface area contributed by atoms with Crippen LogP contribution in [0.2, 0.25) is 0 Å². The van der Waals surface area contributed by atoms with Crippen LogP contribution in [-0.4, -0.2) is 32.5 Å². The highest BCUT2D eigenvalue weighted by molar-refractivity contribution is 7.90. The largest absolute Gasteiger partial charge is 0.312 e. The van der Waals surface area contributed by atoms with Crippen LogP contribution in [0.4, 0.5) is 0 Å². The van der Waals surface area contributed by atoms with Crippen molar-refractivity contribution in [3.8, 4) is 0 Å². The van der Waals surface area contributed by atoms with E-state index in [1.165, 1.54) is 25.5 Å². The summed E-state index contributed by atoms with van der Waals surface area (Å²) in [6, 6.07) is 0. The highest BCUT2D eigenvalue weighted by Crippen LogP contribution is 2.61. The fourth-order valence-corrected chi connectivity index (χ4v) is 4.10. The summed E-state index contributed by atoms with van der Waals surface area (Å²) in [5.41, 5.74) is 0.356. The summed E-state index contributed by atoms with van der Waals surface area (Å²) in [4.78, 5) is 0. The fraction of sp³-hybridized carbons (Fsp3) is 1.00. The van der Waals surface area contributed by atoms with Crippen molar-refractivity contribution < 1.29 is 8.42 Å². The van der Waals surface area contributed by atoms with Gasteiger partial charge >= 0.3 is 0 Å². The number of sulfone groups is 1. The van der Waals surface area contributed by atoms with E-state index in [4.69, 9.17) is 0 Å². The Balaban J connectivity index is 1.96. The molecule has 2 unspecified atom stereocenters. The monoisotopic (exact) mass is 273 g/mol. The van der Waals surface area contributed by atoms with Crippen molar-refractivity contribution >= 4 is 9.84 Å². The van der Waals surface area contributed by atoms with E-state index in [0.717, 1.165) is 24.8 Å². The van der Waals surface area contributed by atoms with Crippen molar-refractivity contribution in [2.24, 2.45) is 17.3 Å². The number of hydrogen-bond donors (Lipinski definition) is 1. The SMILES string of the molecule is CC(C)(C)NCC1(CCS(C)(=O)=O)CC2CC2C1. The van der Waals surface area contributed by atoms with Gasteiger partial charge in [-0.3, -0.25) is 0 Å². The van der Waals surface area contributed by atoms with Gasteiger partial charge in [-0.05, 0) is 63.7 Å². The molecule has 2 aliphatic rings. The second kappa shape index (κ2) is 4.48. The summed E-state index contributed by atoms with van der Waals surface area (Å²) in [5, 5.41) is 3.59. The molecule has 0 bridgehead atoms. The fourth-order valence-electron chi connectivity index (χ4n) is 3.30. The van der Waals surface area contributed by atoms with Crippen LogP contribution in [-0.2, 0) is 9.84 Å². The summed E-state index contributed by atoms with van der Waals surface area (Å²) < 4.78 is 22.8. The molecule has 0 aromatic heterocycles. The molecule has 0 aromatic rings. The smallest absolute Gasteiger partial charge is 0.147 e. The van der Waals surface area contributed by atoms with Crippen molar-refractivity contribution in [1.82, 2.24) is 5.32 Å². The zero-order valence-corrected chi connectivity index (χ0v) is 12.9. The highest BCUT2D eigenvalue weighted by Gasteiger charge is 2.53. The molecule has 2 fully saturated rings. The van der Waals surface area contributed by atoms with Gasteiger partial charge in [-0.1, -0.05) is 0 Å². The lowest BCUT2D eigenvalue weighted by atomic mass is 9.79. The van der Waals surface area contributed by atoms with Crippen LogP contribution in [0, 0.1) is 17.3 Å². The van der Waals surface area contributed by atoms with Gasteiger partial charge in [-0.25, -0.2) is 8.42 Å². The molecule has 4 heteroatoms. The number of rotatable bonds is 5. The van der Waals surface area contributed by atoms with Gasteiger partial charge in [-0.2, -0.15) is 0 Å². The minimum absolute atomic E-state index is 0.116. The zero-order valence-electron chi connectivity index (χ0n) is 12.1. The number of fused-ring (bicyclic) bond motifs is 1. The Labute approximate surface area is 112 Å². The number of nitrogens with one attached hydrogen (secondary N) is 1. The van der Waals surface area contributed by atoms with Crippen LogP contribution in [0.3, 0.4) is 0 Å². The van der Waals surface area contributed by atoms with Crippen LogP contribution in [0.5, 0.6) is 0 Å². The van der Waals surface area contributed by atoms with Gasteiger partial charge in [0.15, 0.2) is 0 Å². The van der Waals surface area contributed by atoms with Gasteiger partial charge in [0.05, 0.1) is 5.75 Å². The first kappa shape index (κ1) is 14.3. The Morgan fingerprint density at radius 2 is 1.78 bits per heavy atom. The third kappa shape index (κ3) is 3.95. The minimum atomic E-state index is -2.83. The molecule has 0 heterocycles. The topological polar surface area (TPSA) is 46.2 Å². The molecular formula is C14H27NO2S. The molecule has 0 aromatic carbocycles. The normalized spacial score (nSPS) is 35.6. The molecule has 2 atom stereocenters. The molecular weight excluding hydrogens is 246 g/mol. The third-order valence-electron chi connectivity index (χ3n) is 4.46. The van der Waals surface area contributed by atoms with Gasteiger partial charge in [0.25, 0.3) is 0 Å². The standard InChI is InChI=1S/C14H27NO2S/c1-13(2,3)15-10-14(5-6-18(4,16)17)8-11-7-12(11)9-14/h11-12,15H,5-10H2,1-4H3. The molecule has 0 saturated heterocycles. The van der Waals surface area contributed by atoms with Gasteiger partial charge < -0.3 is 5.32 Å². The van der Waals surface area contributed by atoms with Gasteiger partial charge in [-0.15, -0.1) is 0 Å². The lowest BCUT2D eigenvalue weighted by molar-refractivity contribution is 0.216. The van der Waals surface area contributed by atoms with Crippen LogP contribution in [0.1, 0.15) is 46.5 Å². The van der Waals surface area contributed by atoms with Crippen LogP contribution < -0.4 is 5.32 Å². The molecule has 0 spiro atoms. The quantitative estimate of drug-likeness (QED) is 0.835. The summed E-state index contributed by atoms with van der Waals surface area (Å²) >= 11 is 0. The maximum absolute atomic E-state index is 11.4. The minimum Gasteiger partial charge on any atom is -0.312 e. The van der Waals surface area contributed by atoms with E-state index >= 15 is 0 Å². The van der Waals surface area contributed by atoms with Gasteiger partial charge in [0.1, 0.15) is 9.84 Å². The average molecular weight is 273 g/mol. The van der Waals surface area contributed by atoms with E-state index in [9.17, 15) is 8.42 Å². The van der Waals surface area contributed by atoms with E-state index in [1.807, 2.05) is 0 Å². The lowest BCUT2D eigenvalue weighted by Gasteiger charge is -2.34. The van der Waals surface area contributed by atoms with E-state index < -0.39 is 9.84 Å². The zero-order chi connectivity index (χ0) is 13.6. The summed E-state index contributed by atoms with van der Waals surface area (Å²) in [5.74, 6) is 2.13. The first-order valence-electron chi connectivity index (χ1n) is 7.01. The second-order valence-corrected chi connectivity index (χ2v) is 9.91. The van der Waals surface area contributed by atoms with Crippen molar-refractivity contribution in [2.45, 2.75) is 52.0 Å². The molecule has 0 radical (unpaired) electrons. The maximum Gasteiger partial charge on any atom is 0.147 e. The first-order valence-corrected chi connectivity index (χ1v) is 9.07. The first-order chi connectivity index (χ1) is 8.09. The van der Waals surface area contributed by atoms with E-state index in [1.54, 1.807) is 0 Å². The highest BCUT2D eigenvalue weighted by atomic mass is 32.2. The molecule has 106 valence electrons. The van der Waals surface area contributed by atoms with E-state index in [0.29, 0.717) is 5.75 Å². The molecule has 0 amide bonds. The van der Waals surface area contributed by atoms with Crippen molar-refractivity contribution in [3.63, 3.8) is 0 Å². The summed E-state index contributed by atoms with van der Waals surface area (Å²) in [7, 11) is -2.83. The Morgan fingerprint density at radius 3 is 2.22 bits per heavy atom. The Kier molecular flexibility index (Phi) is 3.56. The van der Waals surface area contributed by atoms with E-state index in [-0.39, 0.29) is 11.0 Å². The lowest BCUT2D eigenvalue weighted by Crippen LogP contribution is -2.44. The van der Waals surface area contributed by atoms with Crippen LogP contribution in [0.25, 0.3) is 0 Å². The maximum atomic E-state index is 11.4. The van der Waals surface area contributed by atoms with Crippen molar-refractivity contribution in [3.05, 3.63) is 0 Å². The molecule has 0 aliphatic heterocycles. The van der Waals surface area contributed by atoms with Gasteiger partial charge in [0, 0.05) is 18.3 Å². The predicted octanol–water partition coefficient (Wildman–Crippen LogP) is 2.23. The molecule has 2 saturated carbocycles. The van der Waals surface area contributed by atoms with Crippen LogP contribution in [0.15, 0.2) is 0 Å². The Hall–Kier alpha value is -0.0900. The second-order valence-electron chi connectivity index (χ2n) is 7.65.